The van der Waals surface area contributed by atoms with E-state index >= 15 is 0 Å². The summed E-state index contributed by atoms with van der Waals surface area (Å²) in [6.45, 7) is 6.74. The van der Waals surface area contributed by atoms with E-state index in [4.69, 9.17) is 0 Å². The number of nitrogens with one attached hydrogen (secondary N) is 1. The Bertz CT molecular complexity index is 352. The summed E-state index contributed by atoms with van der Waals surface area (Å²) < 4.78 is 26.0. The molecule has 1 aliphatic heterocycles. The van der Waals surface area contributed by atoms with Crippen LogP contribution in [0, 0.1) is 5.92 Å². The van der Waals surface area contributed by atoms with Crippen LogP contribution in [0.1, 0.15) is 39.5 Å². The second-order valence-electron chi connectivity index (χ2n) is 5.43. The van der Waals surface area contributed by atoms with Crippen LogP contribution in [0.4, 0.5) is 0 Å². The second kappa shape index (κ2) is 5.24. The first-order valence-corrected chi connectivity index (χ1v) is 8.28. The van der Waals surface area contributed by atoms with Crippen molar-refractivity contribution < 1.29 is 8.42 Å². The van der Waals surface area contributed by atoms with Gasteiger partial charge in [0.05, 0.1) is 5.25 Å². The Balaban J connectivity index is 1.90. The molecular formula is C12H24N2O2S. The van der Waals surface area contributed by atoms with E-state index in [9.17, 15) is 8.42 Å². The van der Waals surface area contributed by atoms with E-state index in [2.05, 4.69) is 19.2 Å². The van der Waals surface area contributed by atoms with Crippen molar-refractivity contribution in [2.75, 3.05) is 19.6 Å². The lowest BCUT2D eigenvalue weighted by molar-refractivity contribution is 0.220. The zero-order valence-electron chi connectivity index (χ0n) is 10.9. The van der Waals surface area contributed by atoms with Crippen LogP contribution in [0.5, 0.6) is 0 Å². The SMILES string of the molecule is CCCNC1CCN(S(=O)(=O)C2CC2)CC1C. The van der Waals surface area contributed by atoms with E-state index in [1.54, 1.807) is 4.31 Å². The van der Waals surface area contributed by atoms with Crippen molar-refractivity contribution in [2.45, 2.75) is 50.8 Å². The zero-order chi connectivity index (χ0) is 12.5. The zero-order valence-corrected chi connectivity index (χ0v) is 11.7. The second-order valence-corrected chi connectivity index (χ2v) is 7.64. The first-order chi connectivity index (χ1) is 8.05. The van der Waals surface area contributed by atoms with Gasteiger partial charge in [-0.2, -0.15) is 0 Å². The number of nitrogens with zero attached hydrogens (tertiary/aromatic N) is 1. The molecule has 0 aromatic carbocycles. The molecule has 4 nitrogen and oxygen atoms in total. The molecule has 2 aliphatic rings. The topological polar surface area (TPSA) is 49.4 Å². The minimum absolute atomic E-state index is 0.0603. The van der Waals surface area contributed by atoms with Crippen molar-refractivity contribution in [3.8, 4) is 0 Å². The summed E-state index contributed by atoms with van der Waals surface area (Å²) in [5.41, 5.74) is 0. The predicted molar refractivity (Wildman–Crippen MR) is 69.4 cm³/mol. The normalized spacial score (nSPS) is 31.6. The van der Waals surface area contributed by atoms with Gasteiger partial charge < -0.3 is 5.32 Å². The van der Waals surface area contributed by atoms with Crippen LogP contribution in [0.25, 0.3) is 0 Å². The summed E-state index contributed by atoms with van der Waals surface area (Å²) >= 11 is 0. The van der Waals surface area contributed by atoms with Gasteiger partial charge >= 0.3 is 0 Å². The van der Waals surface area contributed by atoms with Crippen LogP contribution in [0.2, 0.25) is 0 Å². The molecule has 2 unspecified atom stereocenters. The van der Waals surface area contributed by atoms with Crippen molar-refractivity contribution in [1.82, 2.24) is 9.62 Å². The van der Waals surface area contributed by atoms with Gasteiger partial charge in [0.15, 0.2) is 0 Å². The highest BCUT2D eigenvalue weighted by atomic mass is 32.2. The highest BCUT2D eigenvalue weighted by Gasteiger charge is 2.42. The van der Waals surface area contributed by atoms with Gasteiger partial charge in [-0.3, -0.25) is 0 Å². The number of piperidine rings is 1. The van der Waals surface area contributed by atoms with Crippen molar-refractivity contribution in [2.24, 2.45) is 5.92 Å². The number of sulfonamides is 1. The fourth-order valence-corrected chi connectivity index (χ4v) is 4.50. The Morgan fingerprint density at radius 3 is 2.53 bits per heavy atom. The van der Waals surface area contributed by atoms with Crippen molar-refractivity contribution in [3.05, 3.63) is 0 Å². The number of hydrogen-bond donors (Lipinski definition) is 1. The molecular weight excluding hydrogens is 236 g/mol. The third kappa shape index (κ3) is 3.01. The molecule has 0 bridgehead atoms. The van der Waals surface area contributed by atoms with Crippen LogP contribution >= 0.6 is 0 Å². The Morgan fingerprint density at radius 2 is 2.00 bits per heavy atom. The van der Waals surface area contributed by atoms with Crippen molar-refractivity contribution in [1.29, 1.82) is 0 Å². The predicted octanol–water partition coefficient (Wildman–Crippen LogP) is 1.19. The molecule has 0 radical (unpaired) electrons. The fraction of sp³-hybridized carbons (Fsp3) is 1.00. The quantitative estimate of drug-likeness (QED) is 0.808. The average molecular weight is 260 g/mol. The molecule has 0 amide bonds. The molecule has 2 fully saturated rings. The Hall–Kier alpha value is -0.130. The standard InChI is InChI=1S/C12H24N2O2S/c1-3-7-13-12-6-8-14(9-10(12)2)17(15,16)11-4-5-11/h10-13H,3-9H2,1-2H3. The van der Waals surface area contributed by atoms with Gasteiger partial charge in [-0.05, 0) is 38.1 Å². The summed E-state index contributed by atoms with van der Waals surface area (Å²) in [5, 5.41) is 3.46. The summed E-state index contributed by atoms with van der Waals surface area (Å²) in [6.07, 6.45) is 3.82. The lowest BCUT2D eigenvalue weighted by atomic mass is 9.95. The van der Waals surface area contributed by atoms with Crippen LogP contribution in [-0.4, -0.2) is 43.6 Å². The lowest BCUT2D eigenvalue weighted by Gasteiger charge is -2.36. The minimum atomic E-state index is -2.96. The van der Waals surface area contributed by atoms with Crippen LogP contribution in [0.15, 0.2) is 0 Å². The molecule has 0 spiro atoms. The first kappa shape index (κ1) is 13.3. The van der Waals surface area contributed by atoms with E-state index in [0.717, 1.165) is 32.2 Å². The molecule has 0 aromatic heterocycles. The summed E-state index contributed by atoms with van der Waals surface area (Å²) in [5.74, 6) is 0.420. The molecule has 17 heavy (non-hydrogen) atoms. The first-order valence-electron chi connectivity index (χ1n) is 6.78. The molecule has 1 N–H and O–H groups in total. The van der Waals surface area contributed by atoms with E-state index < -0.39 is 10.0 Å². The van der Waals surface area contributed by atoms with Gasteiger partial charge in [-0.25, -0.2) is 12.7 Å². The van der Waals surface area contributed by atoms with Crippen molar-refractivity contribution in [3.63, 3.8) is 0 Å². The maximum atomic E-state index is 12.1. The van der Waals surface area contributed by atoms with Gasteiger partial charge in [-0.15, -0.1) is 0 Å². The fourth-order valence-electron chi connectivity index (χ4n) is 2.55. The smallest absolute Gasteiger partial charge is 0.216 e. The van der Waals surface area contributed by atoms with Crippen LogP contribution in [-0.2, 0) is 10.0 Å². The van der Waals surface area contributed by atoms with Gasteiger partial charge in [0.25, 0.3) is 0 Å². The summed E-state index contributed by atoms with van der Waals surface area (Å²) in [4.78, 5) is 0. The van der Waals surface area contributed by atoms with Crippen LogP contribution in [0.3, 0.4) is 0 Å². The summed E-state index contributed by atoms with van der Waals surface area (Å²) in [6, 6.07) is 0.487. The Morgan fingerprint density at radius 1 is 1.29 bits per heavy atom. The molecule has 2 rings (SSSR count). The highest BCUT2D eigenvalue weighted by molar-refractivity contribution is 7.90. The Labute approximate surface area is 105 Å². The monoisotopic (exact) mass is 260 g/mol. The molecule has 1 saturated carbocycles. The minimum Gasteiger partial charge on any atom is -0.314 e. The third-order valence-corrected chi connectivity index (χ3v) is 6.20. The molecule has 0 aromatic rings. The average Bonchev–Trinajstić information content (AvgIpc) is 3.11. The molecule has 2 atom stereocenters. The summed E-state index contributed by atoms with van der Waals surface area (Å²) in [7, 11) is -2.96. The maximum Gasteiger partial charge on any atom is 0.216 e. The number of rotatable bonds is 5. The maximum absolute atomic E-state index is 12.1. The molecule has 1 heterocycles. The van der Waals surface area contributed by atoms with Crippen LogP contribution < -0.4 is 5.32 Å². The van der Waals surface area contributed by atoms with E-state index in [-0.39, 0.29) is 5.25 Å². The molecule has 5 heteroatoms. The van der Waals surface area contributed by atoms with Gasteiger partial charge in [-0.1, -0.05) is 13.8 Å². The van der Waals surface area contributed by atoms with Gasteiger partial charge in [0.2, 0.25) is 10.0 Å². The highest BCUT2D eigenvalue weighted by Crippen LogP contribution is 2.33. The molecule has 1 saturated heterocycles. The largest absolute Gasteiger partial charge is 0.314 e. The third-order valence-electron chi connectivity index (χ3n) is 3.83. The lowest BCUT2D eigenvalue weighted by Crippen LogP contribution is -2.50. The Kier molecular flexibility index (Phi) is 4.10. The molecule has 100 valence electrons. The van der Waals surface area contributed by atoms with E-state index in [1.165, 1.54) is 0 Å². The van der Waals surface area contributed by atoms with Gasteiger partial charge in [0.1, 0.15) is 0 Å². The van der Waals surface area contributed by atoms with Gasteiger partial charge in [0, 0.05) is 19.1 Å². The van der Waals surface area contributed by atoms with E-state index in [1.807, 2.05) is 0 Å². The number of hydrogen-bond acceptors (Lipinski definition) is 3. The molecule has 1 aliphatic carbocycles. The van der Waals surface area contributed by atoms with Crippen molar-refractivity contribution >= 4 is 10.0 Å². The van der Waals surface area contributed by atoms with E-state index in [0.29, 0.717) is 25.0 Å².